The minimum Gasteiger partial charge on any atom is -0.488 e. The molecule has 0 aliphatic rings. The van der Waals surface area contributed by atoms with Crippen LogP contribution >= 0.6 is 0 Å². The van der Waals surface area contributed by atoms with Crippen molar-refractivity contribution in [2.45, 2.75) is 13.5 Å². The summed E-state index contributed by atoms with van der Waals surface area (Å²) in [6.07, 6.45) is 1.39. The van der Waals surface area contributed by atoms with Crippen molar-refractivity contribution in [3.63, 3.8) is 0 Å². The number of ether oxygens (including phenoxy) is 1. The largest absolute Gasteiger partial charge is 0.488 e. The zero-order valence-corrected chi connectivity index (χ0v) is 16.3. The van der Waals surface area contributed by atoms with Gasteiger partial charge in [-0.05, 0) is 54.4 Å². The van der Waals surface area contributed by atoms with Crippen molar-refractivity contribution in [2.75, 3.05) is 5.32 Å². The SMILES string of the molecule is Cc1cccc(NC(=O)C(=O)N/N=C\c2ccccc2OCc2ccc(F)cc2)c1. The standard InChI is InChI=1S/C23H20FN3O3/c1-16-5-4-7-20(13-16)26-22(28)23(29)27-25-14-18-6-2-3-8-21(18)30-15-17-9-11-19(24)12-10-17/h2-14H,15H2,1H3,(H,26,28)(H,27,29)/b25-14-. The Morgan fingerprint density at radius 2 is 1.77 bits per heavy atom. The monoisotopic (exact) mass is 405 g/mol. The predicted octanol–water partition coefficient (Wildman–Crippen LogP) is 3.80. The molecule has 0 spiro atoms. The number of halogens is 1. The number of carbonyl (C=O) groups is 2. The Hall–Kier alpha value is -4.00. The van der Waals surface area contributed by atoms with Crippen LogP contribution in [-0.2, 0) is 16.2 Å². The van der Waals surface area contributed by atoms with Gasteiger partial charge < -0.3 is 10.1 Å². The normalized spacial score (nSPS) is 10.6. The smallest absolute Gasteiger partial charge is 0.329 e. The van der Waals surface area contributed by atoms with E-state index >= 15 is 0 Å². The Labute approximate surface area is 173 Å². The van der Waals surface area contributed by atoms with Crippen molar-refractivity contribution in [3.8, 4) is 5.75 Å². The summed E-state index contributed by atoms with van der Waals surface area (Å²) >= 11 is 0. The molecular formula is C23H20FN3O3. The molecular weight excluding hydrogens is 385 g/mol. The molecule has 0 heterocycles. The second-order valence-corrected chi connectivity index (χ2v) is 6.48. The maximum atomic E-state index is 13.0. The Kier molecular flexibility index (Phi) is 6.89. The Balaban J connectivity index is 1.57. The first-order valence-corrected chi connectivity index (χ1v) is 9.18. The van der Waals surface area contributed by atoms with Crippen molar-refractivity contribution in [1.29, 1.82) is 0 Å². The van der Waals surface area contributed by atoms with Gasteiger partial charge in [-0.25, -0.2) is 9.82 Å². The topological polar surface area (TPSA) is 79.8 Å². The Morgan fingerprint density at radius 3 is 2.53 bits per heavy atom. The molecule has 7 heteroatoms. The lowest BCUT2D eigenvalue weighted by molar-refractivity contribution is -0.136. The summed E-state index contributed by atoms with van der Waals surface area (Å²) in [7, 11) is 0. The third kappa shape index (κ3) is 6.00. The highest BCUT2D eigenvalue weighted by Gasteiger charge is 2.13. The number of carbonyl (C=O) groups excluding carboxylic acids is 2. The number of hydrogen-bond donors (Lipinski definition) is 2. The molecule has 0 fully saturated rings. The number of para-hydroxylation sites is 1. The molecule has 2 N–H and O–H groups in total. The number of amides is 2. The quantitative estimate of drug-likeness (QED) is 0.372. The summed E-state index contributed by atoms with van der Waals surface area (Å²) in [5.74, 6) is -1.49. The number of benzene rings is 3. The van der Waals surface area contributed by atoms with Gasteiger partial charge in [-0.3, -0.25) is 9.59 Å². The number of anilines is 1. The van der Waals surface area contributed by atoms with Gasteiger partial charge in [-0.15, -0.1) is 0 Å². The minimum atomic E-state index is -0.891. The lowest BCUT2D eigenvalue weighted by atomic mass is 10.2. The molecule has 0 aliphatic heterocycles. The van der Waals surface area contributed by atoms with Gasteiger partial charge in [0.1, 0.15) is 18.2 Å². The fourth-order valence-corrected chi connectivity index (χ4v) is 2.58. The summed E-state index contributed by atoms with van der Waals surface area (Å²) in [4.78, 5) is 23.9. The lowest BCUT2D eigenvalue weighted by Crippen LogP contribution is -2.32. The van der Waals surface area contributed by atoms with Crippen molar-refractivity contribution in [2.24, 2.45) is 5.10 Å². The van der Waals surface area contributed by atoms with Crippen LogP contribution in [0.3, 0.4) is 0 Å². The fraction of sp³-hybridized carbons (Fsp3) is 0.0870. The highest BCUT2D eigenvalue weighted by molar-refractivity contribution is 6.39. The number of hydrogen-bond acceptors (Lipinski definition) is 4. The van der Waals surface area contributed by atoms with Gasteiger partial charge in [-0.1, -0.05) is 36.4 Å². The summed E-state index contributed by atoms with van der Waals surface area (Å²) < 4.78 is 18.7. The molecule has 6 nitrogen and oxygen atoms in total. The molecule has 0 saturated heterocycles. The van der Waals surface area contributed by atoms with E-state index in [0.717, 1.165) is 11.1 Å². The van der Waals surface area contributed by atoms with Gasteiger partial charge in [0, 0.05) is 11.3 Å². The van der Waals surface area contributed by atoms with Gasteiger partial charge >= 0.3 is 11.8 Å². The molecule has 0 unspecified atom stereocenters. The fourth-order valence-electron chi connectivity index (χ4n) is 2.58. The lowest BCUT2D eigenvalue weighted by Gasteiger charge is -2.09. The summed E-state index contributed by atoms with van der Waals surface area (Å²) in [6.45, 7) is 2.13. The second-order valence-electron chi connectivity index (χ2n) is 6.48. The van der Waals surface area contributed by atoms with Crippen molar-refractivity contribution < 1.29 is 18.7 Å². The van der Waals surface area contributed by atoms with Crippen LogP contribution < -0.4 is 15.5 Å². The Bertz CT molecular complexity index is 1070. The van der Waals surface area contributed by atoms with Crippen LogP contribution in [0.1, 0.15) is 16.7 Å². The van der Waals surface area contributed by atoms with E-state index in [4.69, 9.17) is 4.74 Å². The Morgan fingerprint density at radius 1 is 1.00 bits per heavy atom. The van der Waals surface area contributed by atoms with E-state index in [-0.39, 0.29) is 12.4 Å². The maximum absolute atomic E-state index is 13.0. The van der Waals surface area contributed by atoms with Crippen molar-refractivity contribution >= 4 is 23.7 Å². The summed E-state index contributed by atoms with van der Waals surface area (Å²) in [5, 5.41) is 6.34. The van der Waals surface area contributed by atoms with E-state index in [0.29, 0.717) is 17.0 Å². The van der Waals surface area contributed by atoms with Gasteiger partial charge in [-0.2, -0.15) is 5.10 Å². The average molecular weight is 405 g/mol. The molecule has 0 radical (unpaired) electrons. The third-order valence-electron chi connectivity index (χ3n) is 4.08. The van der Waals surface area contributed by atoms with Crippen molar-refractivity contribution in [1.82, 2.24) is 5.43 Å². The van der Waals surface area contributed by atoms with Crippen LogP contribution in [0.2, 0.25) is 0 Å². The number of nitrogens with zero attached hydrogens (tertiary/aromatic N) is 1. The molecule has 0 bridgehead atoms. The first kappa shape index (κ1) is 20.7. The molecule has 0 atom stereocenters. The molecule has 152 valence electrons. The van der Waals surface area contributed by atoms with Crippen LogP contribution in [0, 0.1) is 12.7 Å². The third-order valence-corrected chi connectivity index (χ3v) is 4.08. The van der Waals surface area contributed by atoms with E-state index in [1.807, 2.05) is 13.0 Å². The molecule has 3 aromatic carbocycles. The van der Waals surface area contributed by atoms with Gasteiger partial charge in [0.25, 0.3) is 0 Å². The first-order chi connectivity index (χ1) is 14.5. The van der Waals surface area contributed by atoms with Crippen LogP contribution in [-0.4, -0.2) is 18.0 Å². The average Bonchev–Trinajstić information content (AvgIpc) is 2.74. The second kappa shape index (κ2) is 9.97. The number of aryl methyl sites for hydroxylation is 1. The zero-order valence-electron chi connectivity index (χ0n) is 16.3. The van der Waals surface area contributed by atoms with Gasteiger partial charge in [0.2, 0.25) is 0 Å². The van der Waals surface area contributed by atoms with E-state index in [1.54, 1.807) is 54.6 Å². The molecule has 2 amide bonds. The molecule has 30 heavy (non-hydrogen) atoms. The number of hydrazone groups is 1. The van der Waals surface area contributed by atoms with Crippen LogP contribution in [0.4, 0.5) is 10.1 Å². The van der Waals surface area contributed by atoms with E-state index in [2.05, 4.69) is 15.8 Å². The predicted molar refractivity (Wildman–Crippen MR) is 113 cm³/mol. The summed E-state index contributed by atoms with van der Waals surface area (Å²) in [5.41, 5.74) is 5.10. The minimum absolute atomic E-state index is 0.246. The van der Waals surface area contributed by atoms with Crippen LogP contribution in [0.25, 0.3) is 0 Å². The number of nitrogens with one attached hydrogen (secondary N) is 2. The highest BCUT2D eigenvalue weighted by atomic mass is 19.1. The van der Waals surface area contributed by atoms with E-state index < -0.39 is 11.8 Å². The van der Waals surface area contributed by atoms with Crippen molar-refractivity contribution in [3.05, 3.63) is 95.3 Å². The first-order valence-electron chi connectivity index (χ1n) is 9.18. The van der Waals surface area contributed by atoms with E-state index in [9.17, 15) is 14.0 Å². The molecule has 3 rings (SSSR count). The molecule has 0 saturated carbocycles. The maximum Gasteiger partial charge on any atom is 0.329 e. The van der Waals surface area contributed by atoms with Gasteiger partial charge in [0.15, 0.2) is 0 Å². The van der Waals surface area contributed by atoms with Crippen LogP contribution in [0.5, 0.6) is 5.75 Å². The summed E-state index contributed by atoms with van der Waals surface area (Å²) in [6, 6.07) is 20.2. The van der Waals surface area contributed by atoms with Gasteiger partial charge in [0.05, 0.1) is 6.21 Å². The molecule has 0 aromatic heterocycles. The molecule has 0 aliphatic carbocycles. The zero-order chi connectivity index (χ0) is 21.3. The highest BCUT2D eigenvalue weighted by Crippen LogP contribution is 2.18. The molecule has 3 aromatic rings. The van der Waals surface area contributed by atoms with E-state index in [1.165, 1.54) is 18.3 Å². The number of rotatable bonds is 6. The van der Waals surface area contributed by atoms with Crippen LogP contribution in [0.15, 0.2) is 77.9 Å².